The summed E-state index contributed by atoms with van der Waals surface area (Å²) < 4.78 is 15.5. The Morgan fingerprint density at radius 3 is 2.33 bits per heavy atom. The normalized spacial score (nSPS) is 11.1. The predicted octanol–water partition coefficient (Wildman–Crippen LogP) is 1.79. The molecule has 0 N–H and O–H groups in total. The van der Waals surface area contributed by atoms with Gasteiger partial charge in [-0.15, -0.1) is 0 Å². The summed E-state index contributed by atoms with van der Waals surface area (Å²) in [6.07, 6.45) is 0. The first-order chi connectivity index (χ1) is 7.29. The second-order valence-electron chi connectivity index (χ2n) is 3.36. The van der Waals surface area contributed by atoms with E-state index in [9.17, 15) is 9.18 Å². The van der Waals surface area contributed by atoms with E-state index in [2.05, 4.69) is 0 Å². The van der Waals surface area contributed by atoms with Crippen molar-refractivity contribution in [3.8, 4) is 0 Å². The van der Waals surface area contributed by atoms with Crippen LogP contribution in [-0.4, -0.2) is 15.8 Å². The molecule has 0 bridgehead atoms. The van der Waals surface area contributed by atoms with Crippen molar-refractivity contribution in [1.29, 1.82) is 0 Å². The minimum absolute atomic E-state index is 0.128. The van der Waals surface area contributed by atoms with E-state index in [1.165, 1.54) is 4.57 Å². The van der Waals surface area contributed by atoms with Gasteiger partial charge in [-0.25, -0.2) is 9.18 Å². The van der Waals surface area contributed by atoms with Crippen LogP contribution in [0.25, 0.3) is 11.0 Å². The highest BCUT2D eigenvalue weighted by Crippen LogP contribution is 2.12. The van der Waals surface area contributed by atoms with Gasteiger partial charge in [-0.05, 0) is 19.1 Å². The van der Waals surface area contributed by atoms with E-state index >= 15 is 0 Å². The number of halogens is 1. The maximum Gasteiger partial charge on any atom is 0.329 e. The lowest BCUT2D eigenvalue weighted by molar-refractivity contribution is 0.442. The average molecular weight is 208 g/mol. The molecular weight excluding hydrogens is 195 g/mol. The Morgan fingerprint density at radius 1 is 1.20 bits per heavy atom. The van der Waals surface area contributed by atoms with E-state index in [4.69, 9.17) is 0 Å². The number of aromatic nitrogens is 2. The first kappa shape index (κ1) is 9.96. The van der Waals surface area contributed by atoms with Gasteiger partial charge in [0.1, 0.15) is 6.67 Å². The molecule has 0 saturated heterocycles. The van der Waals surface area contributed by atoms with Crippen LogP contribution in [0.1, 0.15) is 6.92 Å². The summed E-state index contributed by atoms with van der Waals surface area (Å²) in [4.78, 5) is 11.9. The van der Waals surface area contributed by atoms with Crippen LogP contribution in [0, 0.1) is 0 Å². The minimum Gasteiger partial charge on any atom is -0.292 e. The lowest BCUT2D eigenvalue weighted by Crippen LogP contribution is -2.24. The van der Waals surface area contributed by atoms with Crippen LogP contribution in [0.15, 0.2) is 29.1 Å². The molecule has 1 heterocycles. The van der Waals surface area contributed by atoms with Gasteiger partial charge in [-0.2, -0.15) is 0 Å². The molecule has 0 aliphatic heterocycles. The maximum absolute atomic E-state index is 12.3. The van der Waals surface area contributed by atoms with E-state index < -0.39 is 6.67 Å². The highest BCUT2D eigenvalue weighted by molar-refractivity contribution is 5.75. The van der Waals surface area contributed by atoms with Crippen molar-refractivity contribution in [3.63, 3.8) is 0 Å². The van der Waals surface area contributed by atoms with Crippen LogP contribution in [-0.2, 0) is 13.1 Å². The molecule has 0 amide bonds. The van der Waals surface area contributed by atoms with Crippen molar-refractivity contribution in [2.45, 2.75) is 20.0 Å². The zero-order chi connectivity index (χ0) is 10.8. The summed E-state index contributed by atoms with van der Waals surface area (Å²) >= 11 is 0. The second kappa shape index (κ2) is 3.88. The smallest absolute Gasteiger partial charge is 0.292 e. The number of benzene rings is 1. The third kappa shape index (κ3) is 1.46. The fraction of sp³-hybridized carbons (Fsp3) is 0.364. The van der Waals surface area contributed by atoms with Crippen LogP contribution >= 0.6 is 0 Å². The number of nitrogens with zero attached hydrogens (tertiary/aromatic N) is 2. The molecular formula is C11H13FN2O. The summed E-state index contributed by atoms with van der Waals surface area (Å²) in [5, 5.41) is 0. The number of hydrogen-bond donors (Lipinski definition) is 0. The largest absolute Gasteiger partial charge is 0.329 e. The molecule has 0 spiro atoms. The first-order valence-electron chi connectivity index (χ1n) is 5.03. The number of hydrogen-bond acceptors (Lipinski definition) is 1. The van der Waals surface area contributed by atoms with Crippen LogP contribution in [0.3, 0.4) is 0 Å². The Kier molecular flexibility index (Phi) is 2.58. The van der Waals surface area contributed by atoms with Crippen molar-refractivity contribution in [2.24, 2.45) is 0 Å². The summed E-state index contributed by atoms with van der Waals surface area (Å²) in [5.74, 6) is 0. The van der Waals surface area contributed by atoms with Gasteiger partial charge in [0.2, 0.25) is 0 Å². The molecule has 0 aliphatic carbocycles. The van der Waals surface area contributed by atoms with Crippen molar-refractivity contribution in [2.75, 3.05) is 6.67 Å². The first-order valence-corrected chi connectivity index (χ1v) is 5.03. The number of fused-ring (bicyclic) bond motifs is 1. The monoisotopic (exact) mass is 208 g/mol. The minimum atomic E-state index is -0.516. The Balaban J connectivity index is 2.79. The lowest BCUT2D eigenvalue weighted by atomic mass is 10.3. The Hall–Kier alpha value is -1.58. The standard InChI is InChI=1S/C11H13FN2O/c1-2-13-9-5-3-4-6-10(9)14(8-7-12)11(13)15/h3-6H,2,7-8H2,1H3. The van der Waals surface area contributed by atoms with Crippen molar-refractivity contribution >= 4 is 11.0 Å². The number of aryl methyl sites for hydroxylation is 2. The quantitative estimate of drug-likeness (QED) is 0.755. The SMILES string of the molecule is CCn1c(=O)n(CCF)c2ccccc21. The molecule has 15 heavy (non-hydrogen) atoms. The third-order valence-corrected chi connectivity index (χ3v) is 2.55. The van der Waals surface area contributed by atoms with Gasteiger partial charge in [0.05, 0.1) is 17.6 Å². The van der Waals surface area contributed by atoms with Gasteiger partial charge < -0.3 is 0 Å². The highest BCUT2D eigenvalue weighted by Gasteiger charge is 2.10. The predicted molar refractivity (Wildman–Crippen MR) is 57.8 cm³/mol. The molecule has 0 fully saturated rings. The molecule has 0 saturated carbocycles. The topological polar surface area (TPSA) is 26.9 Å². The summed E-state index contributed by atoms with van der Waals surface area (Å²) in [7, 11) is 0. The molecule has 0 aliphatic rings. The number of rotatable bonds is 3. The van der Waals surface area contributed by atoms with Crippen LogP contribution in [0.2, 0.25) is 0 Å². The zero-order valence-electron chi connectivity index (χ0n) is 8.61. The highest BCUT2D eigenvalue weighted by atomic mass is 19.1. The molecule has 1 aromatic heterocycles. The average Bonchev–Trinajstić information content (AvgIpc) is 2.53. The molecule has 80 valence electrons. The molecule has 0 radical (unpaired) electrons. The fourth-order valence-electron chi connectivity index (χ4n) is 1.88. The number of para-hydroxylation sites is 2. The van der Waals surface area contributed by atoms with Crippen molar-refractivity contribution in [3.05, 3.63) is 34.7 Å². The van der Waals surface area contributed by atoms with E-state index in [1.54, 1.807) is 4.57 Å². The molecule has 4 heteroatoms. The Morgan fingerprint density at radius 2 is 1.80 bits per heavy atom. The second-order valence-corrected chi connectivity index (χ2v) is 3.36. The summed E-state index contributed by atoms with van der Waals surface area (Å²) in [6.45, 7) is 2.14. The molecule has 3 nitrogen and oxygen atoms in total. The van der Waals surface area contributed by atoms with Gasteiger partial charge in [-0.3, -0.25) is 9.13 Å². The van der Waals surface area contributed by atoms with Gasteiger partial charge in [0, 0.05) is 6.54 Å². The lowest BCUT2D eigenvalue weighted by Gasteiger charge is -1.96. The maximum atomic E-state index is 12.3. The summed E-state index contributed by atoms with van der Waals surface area (Å²) in [5.41, 5.74) is 1.55. The van der Waals surface area contributed by atoms with E-state index in [-0.39, 0.29) is 12.2 Å². The van der Waals surface area contributed by atoms with Gasteiger partial charge >= 0.3 is 5.69 Å². The van der Waals surface area contributed by atoms with Crippen molar-refractivity contribution < 1.29 is 4.39 Å². The Bertz CT molecular complexity index is 527. The van der Waals surface area contributed by atoms with Gasteiger partial charge in [-0.1, -0.05) is 12.1 Å². The van der Waals surface area contributed by atoms with Crippen LogP contribution in [0.5, 0.6) is 0 Å². The van der Waals surface area contributed by atoms with E-state index in [0.29, 0.717) is 6.54 Å². The Labute approximate surface area is 86.7 Å². The van der Waals surface area contributed by atoms with Crippen LogP contribution < -0.4 is 5.69 Å². The van der Waals surface area contributed by atoms with Crippen LogP contribution in [0.4, 0.5) is 4.39 Å². The van der Waals surface area contributed by atoms with Gasteiger partial charge in [0.15, 0.2) is 0 Å². The van der Waals surface area contributed by atoms with E-state index in [0.717, 1.165) is 11.0 Å². The molecule has 0 unspecified atom stereocenters. The molecule has 2 aromatic rings. The van der Waals surface area contributed by atoms with Gasteiger partial charge in [0.25, 0.3) is 0 Å². The van der Waals surface area contributed by atoms with E-state index in [1.807, 2.05) is 31.2 Å². The molecule has 1 aromatic carbocycles. The molecule has 0 atom stereocenters. The third-order valence-electron chi connectivity index (χ3n) is 2.55. The fourth-order valence-corrected chi connectivity index (χ4v) is 1.88. The number of alkyl halides is 1. The molecule has 2 rings (SSSR count). The number of imidazole rings is 1. The van der Waals surface area contributed by atoms with Crippen molar-refractivity contribution in [1.82, 2.24) is 9.13 Å². The zero-order valence-corrected chi connectivity index (χ0v) is 8.61. The summed E-state index contributed by atoms with van der Waals surface area (Å²) in [6, 6.07) is 7.47.